The van der Waals surface area contributed by atoms with E-state index in [1.165, 1.54) is 6.07 Å². The summed E-state index contributed by atoms with van der Waals surface area (Å²) < 4.78 is 16.6. The Morgan fingerprint density at radius 3 is 2.74 bits per heavy atom. The van der Waals surface area contributed by atoms with E-state index >= 15 is 0 Å². The number of hydrogen-bond donors (Lipinski definition) is 2. The normalized spacial score (nSPS) is 14.0. The topological polar surface area (TPSA) is 93.0 Å². The number of fused-ring (bicyclic) bond motifs is 2. The van der Waals surface area contributed by atoms with Crippen LogP contribution < -0.4 is 10.4 Å². The predicted octanol–water partition coefficient (Wildman–Crippen LogP) is 3.78. The predicted molar refractivity (Wildman–Crippen MR) is 103 cm³/mol. The summed E-state index contributed by atoms with van der Waals surface area (Å²) in [6, 6.07) is 6.53. The summed E-state index contributed by atoms with van der Waals surface area (Å²) in [5, 5.41) is 21.2. The molecule has 0 aliphatic carbocycles. The molecule has 6 heteroatoms. The molecule has 2 N–H and O–H groups in total. The van der Waals surface area contributed by atoms with Gasteiger partial charge in [-0.05, 0) is 51.8 Å². The molecule has 0 amide bonds. The first-order valence-electron chi connectivity index (χ1n) is 8.88. The maximum Gasteiger partial charge on any atom is 0.336 e. The van der Waals surface area contributed by atoms with Crippen molar-refractivity contribution < 1.29 is 23.8 Å². The Morgan fingerprint density at radius 1 is 1.26 bits per heavy atom. The first kappa shape index (κ1) is 19.2. The summed E-state index contributed by atoms with van der Waals surface area (Å²) in [4.78, 5) is 11.5. The molecule has 6 nitrogen and oxygen atoms in total. The molecule has 0 aliphatic rings. The van der Waals surface area contributed by atoms with Crippen molar-refractivity contribution in [2.45, 2.75) is 45.3 Å². The van der Waals surface area contributed by atoms with E-state index in [9.17, 15) is 15.0 Å². The lowest BCUT2D eigenvalue weighted by Gasteiger charge is -2.24. The van der Waals surface area contributed by atoms with E-state index in [4.69, 9.17) is 13.6 Å². The average molecular weight is 372 g/mol. The fourth-order valence-corrected chi connectivity index (χ4v) is 2.85. The summed E-state index contributed by atoms with van der Waals surface area (Å²) in [6.45, 7) is 5.46. The van der Waals surface area contributed by atoms with Crippen molar-refractivity contribution in [3.63, 3.8) is 0 Å². The number of rotatable bonds is 7. The maximum atomic E-state index is 11.5. The van der Waals surface area contributed by atoms with Crippen molar-refractivity contribution in [1.82, 2.24) is 0 Å². The van der Waals surface area contributed by atoms with Crippen LogP contribution in [-0.4, -0.2) is 28.5 Å². The van der Waals surface area contributed by atoms with E-state index in [-0.39, 0.29) is 0 Å². The Labute approximate surface area is 156 Å². The van der Waals surface area contributed by atoms with Gasteiger partial charge in [-0.1, -0.05) is 5.57 Å². The third-order valence-corrected chi connectivity index (χ3v) is 4.60. The molecule has 0 spiro atoms. The SMILES string of the molecule is C/C(=C\COc1c2ccoc2cc2oc(=O)ccc12)CC[C@H](O)C(C)(C)O. The third kappa shape index (κ3) is 4.40. The third-order valence-electron chi connectivity index (χ3n) is 4.60. The van der Waals surface area contributed by atoms with Crippen LogP contribution >= 0.6 is 0 Å². The van der Waals surface area contributed by atoms with Gasteiger partial charge in [0, 0.05) is 12.1 Å². The minimum Gasteiger partial charge on any atom is -0.488 e. The molecule has 3 rings (SSSR count). The molecule has 0 radical (unpaired) electrons. The van der Waals surface area contributed by atoms with E-state index in [2.05, 4.69) is 0 Å². The Morgan fingerprint density at radius 2 is 2.00 bits per heavy atom. The Hall–Kier alpha value is -2.57. The van der Waals surface area contributed by atoms with Gasteiger partial charge in [0.1, 0.15) is 23.5 Å². The Bertz CT molecular complexity index is 1020. The van der Waals surface area contributed by atoms with Crippen LogP contribution in [0, 0.1) is 0 Å². The number of hydrogen-bond acceptors (Lipinski definition) is 6. The zero-order chi connectivity index (χ0) is 19.6. The number of benzene rings is 1. The van der Waals surface area contributed by atoms with Gasteiger partial charge in [0.15, 0.2) is 0 Å². The van der Waals surface area contributed by atoms with Crippen LogP contribution in [0.15, 0.2) is 55.8 Å². The molecular weight excluding hydrogens is 348 g/mol. The zero-order valence-corrected chi connectivity index (χ0v) is 15.7. The highest BCUT2D eigenvalue weighted by atomic mass is 16.5. The van der Waals surface area contributed by atoms with Gasteiger partial charge in [-0.3, -0.25) is 0 Å². The van der Waals surface area contributed by atoms with E-state index in [1.54, 1.807) is 32.2 Å². The van der Waals surface area contributed by atoms with Gasteiger partial charge in [-0.2, -0.15) is 0 Å². The molecule has 2 aromatic heterocycles. The van der Waals surface area contributed by atoms with Gasteiger partial charge in [-0.25, -0.2) is 4.79 Å². The van der Waals surface area contributed by atoms with Crippen molar-refractivity contribution in [2.24, 2.45) is 0 Å². The smallest absolute Gasteiger partial charge is 0.336 e. The summed E-state index contributed by atoms with van der Waals surface area (Å²) in [6.07, 6.45) is 3.83. The molecule has 1 aromatic carbocycles. The van der Waals surface area contributed by atoms with Crippen molar-refractivity contribution in [1.29, 1.82) is 0 Å². The van der Waals surface area contributed by atoms with Gasteiger partial charge in [0.25, 0.3) is 0 Å². The average Bonchev–Trinajstić information content (AvgIpc) is 3.06. The number of aliphatic hydroxyl groups excluding tert-OH is 1. The zero-order valence-electron chi connectivity index (χ0n) is 15.7. The lowest BCUT2D eigenvalue weighted by Crippen LogP contribution is -2.35. The van der Waals surface area contributed by atoms with E-state index in [0.717, 1.165) is 11.0 Å². The van der Waals surface area contributed by atoms with Crippen LogP contribution in [0.5, 0.6) is 5.75 Å². The number of furan rings is 1. The molecular formula is C21H24O6. The van der Waals surface area contributed by atoms with Crippen LogP contribution in [0.1, 0.15) is 33.6 Å². The molecule has 0 saturated carbocycles. The van der Waals surface area contributed by atoms with Gasteiger partial charge < -0.3 is 23.8 Å². The Kier molecular flexibility index (Phi) is 5.39. The number of allylic oxidation sites excluding steroid dienone is 1. The Balaban J connectivity index is 1.76. The summed E-state index contributed by atoms with van der Waals surface area (Å²) in [5.74, 6) is 0.598. The highest BCUT2D eigenvalue weighted by molar-refractivity contribution is 6.01. The van der Waals surface area contributed by atoms with Crippen LogP contribution in [0.25, 0.3) is 21.9 Å². The molecule has 0 saturated heterocycles. The van der Waals surface area contributed by atoms with Gasteiger partial charge in [-0.15, -0.1) is 0 Å². The molecule has 0 bridgehead atoms. The largest absolute Gasteiger partial charge is 0.488 e. The maximum absolute atomic E-state index is 11.5. The van der Waals surface area contributed by atoms with Crippen LogP contribution in [0.4, 0.5) is 0 Å². The van der Waals surface area contributed by atoms with Gasteiger partial charge in [0.05, 0.1) is 28.7 Å². The molecule has 144 valence electrons. The highest BCUT2D eigenvalue weighted by Gasteiger charge is 2.23. The summed E-state index contributed by atoms with van der Waals surface area (Å²) in [5.41, 5.74) is 0.500. The van der Waals surface area contributed by atoms with Gasteiger partial charge in [0.2, 0.25) is 0 Å². The second-order valence-corrected chi connectivity index (χ2v) is 7.27. The van der Waals surface area contributed by atoms with Gasteiger partial charge >= 0.3 is 5.63 Å². The minimum absolute atomic E-state index is 0.322. The minimum atomic E-state index is -1.11. The van der Waals surface area contributed by atoms with Crippen LogP contribution in [0.3, 0.4) is 0 Å². The lowest BCUT2D eigenvalue weighted by atomic mass is 9.96. The van der Waals surface area contributed by atoms with Crippen molar-refractivity contribution in [3.05, 3.63) is 52.6 Å². The number of ether oxygens (including phenoxy) is 1. The number of aliphatic hydroxyl groups is 2. The van der Waals surface area contributed by atoms with Crippen LogP contribution in [-0.2, 0) is 0 Å². The van der Waals surface area contributed by atoms with E-state index < -0.39 is 17.3 Å². The summed E-state index contributed by atoms with van der Waals surface area (Å²) >= 11 is 0. The molecule has 0 aliphatic heterocycles. The molecule has 2 heterocycles. The second kappa shape index (κ2) is 7.58. The van der Waals surface area contributed by atoms with Crippen molar-refractivity contribution in [3.8, 4) is 5.75 Å². The fourth-order valence-electron chi connectivity index (χ4n) is 2.85. The van der Waals surface area contributed by atoms with Crippen LogP contribution in [0.2, 0.25) is 0 Å². The molecule has 27 heavy (non-hydrogen) atoms. The molecule has 3 aromatic rings. The second-order valence-electron chi connectivity index (χ2n) is 7.27. The molecule has 0 fully saturated rings. The first-order valence-corrected chi connectivity index (χ1v) is 8.88. The lowest BCUT2D eigenvalue weighted by molar-refractivity contribution is -0.0509. The molecule has 0 unspecified atom stereocenters. The monoisotopic (exact) mass is 372 g/mol. The van der Waals surface area contributed by atoms with E-state index in [1.807, 2.05) is 19.1 Å². The summed E-state index contributed by atoms with van der Waals surface area (Å²) in [7, 11) is 0. The quantitative estimate of drug-likeness (QED) is 0.484. The first-order chi connectivity index (χ1) is 12.8. The highest BCUT2D eigenvalue weighted by Crippen LogP contribution is 2.35. The molecule has 1 atom stereocenters. The fraction of sp³-hybridized carbons (Fsp3) is 0.381. The van der Waals surface area contributed by atoms with Crippen molar-refractivity contribution in [2.75, 3.05) is 6.61 Å². The standard InChI is InChI=1S/C21H24O6/c1-13(4-6-18(22)21(2,3)24)8-10-26-20-14-5-7-19(23)27-17(14)12-16-15(20)9-11-25-16/h5,7-9,11-12,18,22,24H,4,6,10H2,1-3H3/b13-8+/t18-/m0/s1. The van der Waals surface area contributed by atoms with Crippen molar-refractivity contribution >= 4 is 21.9 Å². The van der Waals surface area contributed by atoms with E-state index in [0.29, 0.717) is 41.8 Å².